The van der Waals surface area contributed by atoms with Crippen molar-refractivity contribution in [2.24, 2.45) is 0 Å². The van der Waals surface area contributed by atoms with Gasteiger partial charge in [-0.25, -0.2) is 0 Å². The molecule has 4 nitrogen and oxygen atoms in total. The van der Waals surface area contributed by atoms with Crippen molar-refractivity contribution in [1.29, 1.82) is 0 Å². The molecule has 100 valence electrons. The van der Waals surface area contributed by atoms with Crippen LogP contribution in [0.15, 0.2) is 18.6 Å². The summed E-state index contributed by atoms with van der Waals surface area (Å²) in [6.45, 7) is 7.37. The van der Waals surface area contributed by atoms with Crippen LogP contribution < -0.4 is 0 Å². The molecule has 0 N–H and O–H groups in total. The fourth-order valence-electron chi connectivity index (χ4n) is 2.23. The summed E-state index contributed by atoms with van der Waals surface area (Å²) in [5.74, 6) is 0.637. The molecule has 1 aliphatic rings. The zero-order valence-corrected chi connectivity index (χ0v) is 11.6. The lowest BCUT2D eigenvalue weighted by atomic mass is 9.97. The summed E-state index contributed by atoms with van der Waals surface area (Å²) >= 11 is 0. The second-order valence-corrected chi connectivity index (χ2v) is 4.26. The largest absolute Gasteiger partial charge is 0.343 e. The fourth-order valence-corrected chi connectivity index (χ4v) is 2.23. The Morgan fingerprint density at radius 1 is 1.28 bits per heavy atom. The average Bonchev–Trinajstić information content (AvgIpc) is 2.68. The molecule has 18 heavy (non-hydrogen) atoms. The van der Waals surface area contributed by atoms with Gasteiger partial charge in [0.1, 0.15) is 0 Å². The molecule has 2 rings (SSSR count). The van der Waals surface area contributed by atoms with Crippen LogP contribution in [0.4, 0.5) is 0 Å². The second kappa shape index (κ2) is 7.80. The first-order valence-electron chi connectivity index (χ1n) is 6.79. The van der Waals surface area contributed by atoms with E-state index < -0.39 is 0 Å². The van der Waals surface area contributed by atoms with Crippen LogP contribution in [0.3, 0.4) is 0 Å². The monoisotopic (exact) mass is 249 g/mol. The number of rotatable bonds is 1. The molecule has 1 atom stereocenters. The number of hydrogen-bond donors (Lipinski definition) is 0. The van der Waals surface area contributed by atoms with Crippen LogP contribution in [-0.4, -0.2) is 33.9 Å². The number of amides is 1. The number of hydrogen-bond acceptors (Lipinski definition) is 3. The van der Waals surface area contributed by atoms with Gasteiger partial charge in [-0.15, -0.1) is 0 Å². The third-order valence-electron chi connectivity index (χ3n) is 3.17. The summed E-state index contributed by atoms with van der Waals surface area (Å²) < 4.78 is 0. The Kier molecular flexibility index (Phi) is 6.33. The van der Waals surface area contributed by atoms with Crippen molar-refractivity contribution in [2.45, 2.75) is 46.0 Å². The molecule has 1 amide bonds. The van der Waals surface area contributed by atoms with Crippen molar-refractivity contribution in [3.63, 3.8) is 0 Å². The maximum atomic E-state index is 11.3. The molecule has 1 aromatic rings. The minimum atomic E-state index is 0.180. The normalized spacial score (nSPS) is 19.5. The van der Waals surface area contributed by atoms with Gasteiger partial charge in [-0.3, -0.25) is 14.8 Å². The molecule has 0 saturated carbocycles. The summed E-state index contributed by atoms with van der Waals surface area (Å²) in [5, 5.41) is 0. The highest BCUT2D eigenvalue weighted by Crippen LogP contribution is 2.25. The average molecular weight is 249 g/mol. The Balaban J connectivity index is 0.000000771. The first-order chi connectivity index (χ1) is 8.77. The molecule has 1 fully saturated rings. The van der Waals surface area contributed by atoms with Gasteiger partial charge in [0.25, 0.3) is 0 Å². The minimum Gasteiger partial charge on any atom is -0.343 e. The molecule has 0 bridgehead atoms. The second-order valence-electron chi connectivity index (χ2n) is 4.26. The van der Waals surface area contributed by atoms with Gasteiger partial charge in [0.05, 0.1) is 5.69 Å². The van der Waals surface area contributed by atoms with Crippen LogP contribution in [-0.2, 0) is 4.79 Å². The Morgan fingerprint density at radius 2 is 2.06 bits per heavy atom. The molecule has 1 unspecified atom stereocenters. The van der Waals surface area contributed by atoms with E-state index in [9.17, 15) is 4.79 Å². The van der Waals surface area contributed by atoms with E-state index in [0.717, 1.165) is 38.0 Å². The molecule has 4 heteroatoms. The fraction of sp³-hybridized carbons (Fsp3) is 0.643. The Morgan fingerprint density at radius 3 is 2.67 bits per heavy atom. The summed E-state index contributed by atoms with van der Waals surface area (Å²) in [4.78, 5) is 21.7. The van der Waals surface area contributed by atoms with E-state index in [1.807, 2.05) is 24.9 Å². The van der Waals surface area contributed by atoms with Gasteiger partial charge in [-0.05, 0) is 19.3 Å². The number of carbonyl (C=O) groups excluding carboxylic acids is 1. The molecule has 1 aromatic heterocycles. The van der Waals surface area contributed by atoms with E-state index in [2.05, 4.69) is 9.97 Å². The highest BCUT2D eigenvalue weighted by molar-refractivity contribution is 5.73. The summed E-state index contributed by atoms with van der Waals surface area (Å²) in [7, 11) is 0. The lowest BCUT2D eigenvalue weighted by Gasteiger charge is -2.18. The highest BCUT2D eigenvalue weighted by Gasteiger charge is 2.20. The van der Waals surface area contributed by atoms with E-state index in [4.69, 9.17) is 0 Å². The van der Waals surface area contributed by atoms with Gasteiger partial charge in [-0.2, -0.15) is 0 Å². The molecule has 2 heterocycles. The molecule has 0 spiro atoms. The Labute approximate surface area is 109 Å². The van der Waals surface area contributed by atoms with Crippen LogP contribution >= 0.6 is 0 Å². The van der Waals surface area contributed by atoms with Gasteiger partial charge in [0.2, 0.25) is 5.91 Å². The standard InChI is InChI=1S/C12H17N3O.C2H6/c1-10(16)15-7-2-3-11(4-8-15)12-9-13-5-6-14-12;1-2/h5-6,9,11H,2-4,7-8H2,1H3;1-2H3. The highest BCUT2D eigenvalue weighted by atomic mass is 16.2. The summed E-state index contributed by atoms with van der Waals surface area (Å²) in [5.41, 5.74) is 1.06. The van der Waals surface area contributed by atoms with Crippen molar-refractivity contribution in [1.82, 2.24) is 14.9 Å². The third kappa shape index (κ3) is 4.09. The van der Waals surface area contributed by atoms with Crippen LogP contribution in [0.5, 0.6) is 0 Å². The number of nitrogens with zero attached hydrogens (tertiary/aromatic N) is 3. The number of aromatic nitrogens is 2. The maximum absolute atomic E-state index is 11.3. The van der Waals surface area contributed by atoms with Crippen LogP contribution in [0.1, 0.15) is 51.6 Å². The quantitative estimate of drug-likeness (QED) is 0.768. The molecular formula is C14H23N3O. The van der Waals surface area contributed by atoms with Crippen LogP contribution in [0.2, 0.25) is 0 Å². The Hall–Kier alpha value is -1.45. The molecule has 1 saturated heterocycles. The van der Waals surface area contributed by atoms with E-state index in [1.165, 1.54) is 0 Å². The van der Waals surface area contributed by atoms with E-state index >= 15 is 0 Å². The molecule has 0 aliphatic carbocycles. The van der Waals surface area contributed by atoms with Crippen LogP contribution in [0.25, 0.3) is 0 Å². The first kappa shape index (κ1) is 14.6. The molecule has 0 radical (unpaired) electrons. The van der Waals surface area contributed by atoms with Crippen molar-refractivity contribution in [3.8, 4) is 0 Å². The van der Waals surface area contributed by atoms with Crippen molar-refractivity contribution in [2.75, 3.05) is 13.1 Å². The number of carbonyl (C=O) groups is 1. The maximum Gasteiger partial charge on any atom is 0.219 e. The predicted octanol–water partition coefficient (Wildman–Crippen LogP) is 2.62. The van der Waals surface area contributed by atoms with Gasteiger partial charge in [0, 0.05) is 44.5 Å². The van der Waals surface area contributed by atoms with Gasteiger partial charge >= 0.3 is 0 Å². The smallest absolute Gasteiger partial charge is 0.219 e. The molecule has 1 aliphatic heterocycles. The zero-order valence-electron chi connectivity index (χ0n) is 11.6. The van der Waals surface area contributed by atoms with E-state index in [1.54, 1.807) is 19.3 Å². The van der Waals surface area contributed by atoms with Crippen molar-refractivity contribution < 1.29 is 4.79 Å². The van der Waals surface area contributed by atoms with Gasteiger partial charge in [0.15, 0.2) is 0 Å². The van der Waals surface area contributed by atoms with Crippen molar-refractivity contribution >= 4 is 5.91 Å². The minimum absolute atomic E-state index is 0.180. The third-order valence-corrected chi connectivity index (χ3v) is 3.17. The lowest BCUT2D eigenvalue weighted by molar-refractivity contribution is -0.128. The zero-order chi connectivity index (χ0) is 13.4. The predicted molar refractivity (Wildman–Crippen MR) is 72.2 cm³/mol. The summed E-state index contributed by atoms with van der Waals surface area (Å²) in [6, 6.07) is 0. The SMILES string of the molecule is CC.CC(=O)N1CCCC(c2cnccn2)CC1. The van der Waals surface area contributed by atoms with Gasteiger partial charge in [-0.1, -0.05) is 13.8 Å². The summed E-state index contributed by atoms with van der Waals surface area (Å²) in [6.07, 6.45) is 8.43. The lowest BCUT2D eigenvalue weighted by Crippen LogP contribution is -2.29. The topological polar surface area (TPSA) is 46.1 Å². The van der Waals surface area contributed by atoms with Crippen LogP contribution in [0, 0.1) is 0 Å². The van der Waals surface area contributed by atoms with E-state index in [-0.39, 0.29) is 5.91 Å². The van der Waals surface area contributed by atoms with E-state index in [0.29, 0.717) is 5.92 Å². The number of likely N-dealkylation sites (tertiary alicyclic amines) is 1. The molecule has 0 aromatic carbocycles. The van der Waals surface area contributed by atoms with Gasteiger partial charge < -0.3 is 4.90 Å². The molecular weight excluding hydrogens is 226 g/mol. The Bertz CT molecular complexity index is 353. The first-order valence-corrected chi connectivity index (χ1v) is 6.79. The van der Waals surface area contributed by atoms with Crippen molar-refractivity contribution in [3.05, 3.63) is 24.3 Å².